The number of pyridine rings is 1. The SMILES string of the molecule is COc1ccc(COC[C@H](O)CNC(=O)c2cccnc2)cc1. The van der Waals surface area contributed by atoms with Gasteiger partial charge in [-0.2, -0.15) is 0 Å². The second kappa shape index (κ2) is 8.87. The summed E-state index contributed by atoms with van der Waals surface area (Å²) < 4.78 is 10.5. The second-order valence-corrected chi connectivity index (χ2v) is 4.97. The fraction of sp³-hybridized carbons (Fsp3) is 0.294. The molecule has 2 N–H and O–H groups in total. The van der Waals surface area contributed by atoms with E-state index in [4.69, 9.17) is 9.47 Å². The molecule has 0 aliphatic carbocycles. The van der Waals surface area contributed by atoms with Crippen LogP contribution in [0.1, 0.15) is 15.9 Å². The molecule has 122 valence electrons. The van der Waals surface area contributed by atoms with Gasteiger partial charge in [-0.05, 0) is 29.8 Å². The Morgan fingerprint density at radius 2 is 2.09 bits per heavy atom. The molecule has 23 heavy (non-hydrogen) atoms. The van der Waals surface area contributed by atoms with Gasteiger partial charge < -0.3 is 19.9 Å². The minimum atomic E-state index is -0.770. The summed E-state index contributed by atoms with van der Waals surface area (Å²) in [5.74, 6) is 0.513. The van der Waals surface area contributed by atoms with Crippen LogP contribution in [0.25, 0.3) is 0 Å². The number of rotatable bonds is 8. The summed E-state index contributed by atoms with van der Waals surface area (Å²) >= 11 is 0. The van der Waals surface area contributed by atoms with Crippen LogP contribution in [-0.2, 0) is 11.3 Å². The number of benzene rings is 1. The Morgan fingerprint density at radius 3 is 2.74 bits per heavy atom. The van der Waals surface area contributed by atoms with Crippen molar-refractivity contribution in [1.29, 1.82) is 0 Å². The maximum Gasteiger partial charge on any atom is 0.252 e. The van der Waals surface area contributed by atoms with E-state index in [0.717, 1.165) is 11.3 Å². The van der Waals surface area contributed by atoms with E-state index < -0.39 is 6.10 Å². The van der Waals surface area contributed by atoms with Crippen LogP contribution in [0.3, 0.4) is 0 Å². The second-order valence-electron chi connectivity index (χ2n) is 4.97. The highest BCUT2D eigenvalue weighted by atomic mass is 16.5. The molecule has 1 heterocycles. The fourth-order valence-corrected chi connectivity index (χ4v) is 1.90. The van der Waals surface area contributed by atoms with E-state index in [1.807, 2.05) is 24.3 Å². The monoisotopic (exact) mass is 316 g/mol. The number of methoxy groups -OCH3 is 1. The molecule has 0 spiro atoms. The summed E-state index contributed by atoms with van der Waals surface area (Å²) in [6.45, 7) is 0.646. The maximum absolute atomic E-state index is 11.8. The number of nitrogens with zero attached hydrogens (tertiary/aromatic N) is 1. The lowest BCUT2D eigenvalue weighted by molar-refractivity contribution is 0.0285. The highest BCUT2D eigenvalue weighted by Gasteiger charge is 2.09. The van der Waals surface area contributed by atoms with Crippen LogP contribution in [0, 0.1) is 0 Å². The van der Waals surface area contributed by atoms with Crippen LogP contribution in [0.2, 0.25) is 0 Å². The normalized spacial score (nSPS) is 11.7. The smallest absolute Gasteiger partial charge is 0.252 e. The first-order valence-corrected chi connectivity index (χ1v) is 7.26. The van der Waals surface area contributed by atoms with Gasteiger partial charge in [0.05, 0.1) is 32.0 Å². The third-order valence-electron chi connectivity index (χ3n) is 3.16. The van der Waals surface area contributed by atoms with Crippen LogP contribution in [0.15, 0.2) is 48.8 Å². The van der Waals surface area contributed by atoms with Gasteiger partial charge >= 0.3 is 0 Å². The molecule has 1 aromatic carbocycles. The van der Waals surface area contributed by atoms with Gasteiger partial charge in [-0.3, -0.25) is 9.78 Å². The molecule has 0 bridgehead atoms. The minimum Gasteiger partial charge on any atom is -0.497 e. The molecule has 0 unspecified atom stereocenters. The van der Waals surface area contributed by atoms with Gasteiger partial charge in [-0.15, -0.1) is 0 Å². The number of hydrogen-bond donors (Lipinski definition) is 2. The zero-order valence-corrected chi connectivity index (χ0v) is 12.9. The van der Waals surface area contributed by atoms with Gasteiger partial charge in [-0.1, -0.05) is 12.1 Å². The Hall–Kier alpha value is -2.44. The lowest BCUT2D eigenvalue weighted by Crippen LogP contribution is -2.34. The number of carbonyl (C=O) groups is 1. The highest BCUT2D eigenvalue weighted by molar-refractivity contribution is 5.93. The Labute approximate surface area is 135 Å². The first-order valence-electron chi connectivity index (χ1n) is 7.26. The number of hydrogen-bond acceptors (Lipinski definition) is 5. The Morgan fingerprint density at radius 1 is 1.30 bits per heavy atom. The van der Waals surface area contributed by atoms with Gasteiger partial charge in [0.1, 0.15) is 5.75 Å². The van der Waals surface area contributed by atoms with E-state index in [1.54, 1.807) is 25.4 Å². The van der Waals surface area contributed by atoms with E-state index in [9.17, 15) is 9.90 Å². The first-order chi connectivity index (χ1) is 11.2. The molecule has 0 radical (unpaired) electrons. The number of carbonyl (C=O) groups excluding carboxylic acids is 1. The topological polar surface area (TPSA) is 80.7 Å². The van der Waals surface area contributed by atoms with Crippen molar-refractivity contribution in [3.63, 3.8) is 0 Å². The molecule has 0 saturated heterocycles. The Bertz CT molecular complexity index is 602. The summed E-state index contributed by atoms with van der Waals surface area (Å²) in [4.78, 5) is 15.7. The summed E-state index contributed by atoms with van der Waals surface area (Å²) in [5.41, 5.74) is 1.44. The van der Waals surface area contributed by atoms with Crippen LogP contribution < -0.4 is 10.1 Å². The van der Waals surface area contributed by atoms with E-state index in [0.29, 0.717) is 12.2 Å². The van der Waals surface area contributed by atoms with Gasteiger partial charge in [0, 0.05) is 18.9 Å². The number of aliphatic hydroxyl groups excluding tert-OH is 1. The largest absolute Gasteiger partial charge is 0.497 e. The Balaban J connectivity index is 1.66. The lowest BCUT2D eigenvalue weighted by Gasteiger charge is -2.12. The molecular formula is C17H20N2O4. The quantitative estimate of drug-likeness (QED) is 0.769. The molecular weight excluding hydrogens is 296 g/mol. The third kappa shape index (κ3) is 5.69. The molecule has 1 aromatic heterocycles. The summed E-state index contributed by atoms with van der Waals surface area (Å²) in [5, 5.41) is 12.5. The molecule has 6 heteroatoms. The van der Waals surface area contributed by atoms with Crippen molar-refractivity contribution in [2.75, 3.05) is 20.3 Å². The van der Waals surface area contributed by atoms with Crippen molar-refractivity contribution < 1.29 is 19.4 Å². The molecule has 1 amide bonds. The van der Waals surface area contributed by atoms with Crippen molar-refractivity contribution in [2.24, 2.45) is 0 Å². The highest BCUT2D eigenvalue weighted by Crippen LogP contribution is 2.11. The van der Waals surface area contributed by atoms with Gasteiger partial charge in [0.15, 0.2) is 0 Å². The van der Waals surface area contributed by atoms with Crippen LogP contribution in [-0.4, -0.2) is 42.4 Å². The molecule has 0 aliphatic rings. The molecule has 0 saturated carbocycles. The number of amides is 1. The maximum atomic E-state index is 11.8. The molecule has 2 rings (SSSR count). The van der Waals surface area contributed by atoms with E-state index in [-0.39, 0.29) is 19.1 Å². The molecule has 0 fully saturated rings. The third-order valence-corrected chi connectivity index (χ3v) is 3.16. The molecule has 6 nitrogen and oxygen atoms in total. The number of aromatic nitrogens is 1. The van der Waals surface area contributed by atoms with Crippen molar-refractivity contribution in [3.8, 4) is 5.75 Å². The first kappa shape index (κ1) is 16.9. The van der Waals surface area contributed by atoms with Crippen molar-refractivity contribution in [1.82, 2.24) is 10.3 Å². The predicted molar refractivity (Wildman–Crippen MR) is 85.2 cm³/mol. The number of ether oxygens (including phenoxy) is 2. The number of aliphatic hydroxyl groups is 1. The molecule has 2 aromatic rings. The van der Waals surface area contributed by atoms with Crippen LogP contribution >= 0.6 is 0 Å². The zero-order valence-electron chi connectivity index (χ0n) is 12.9. The molecule has 1 atom stereocenters. The van der Waals surface area contributed by atoms with E-state index in [1.165, 1.54) is 6.20 Å². The Kier molecular flexibility index (Phi) is 6.53. The lowest BCUT2D eigenvalue weighted by atomic mass is 10.2. The zero-order chi connectivity index (χ0) is 16.5. The summed E-state index contributed by atoms with van der Waals surface area (Å²) in [7, 11) is 1.61. The predicted octanol–water partition coefficient (Wildman–Crippen LogP) is 1.40. The van der Waals surface area contributed by atoms with Gasteiger partial charge in [0.25, 0.3) is 5.91 Å². The summed E-state index contributed by atoms with van der Waals surface area (Å²) in [6, 6.07) is 10.8. The number of nitrogens with one attached hydrogen (secondary N) is 1. The average Bonchev–Trinajstić information content (AvgIpc) is 2.61. The average molecular weight is 316 g/mol. The standard InChI is InChI=1S/C17H20N2O4/c1-22-16-6-4-13(5-7-16)11-23-12-15(20)10-19-17(21)14-3-2-8-18-9-14/h2-9,15,20H,10-12H2,1H3,(H,19,21)/t15-/m1/s1. The molecule has 0 aliphatic heterocycles. The summed E-state index contributed by atoms with van der Waals surface area (Å²) in [6.07, 6.45) is 2.30. The van der Waals surface area contributed by atoms with Gasteiger partial charge in [0.2, 0.25) is 0 Å². The van der Waals surface area contributed by atoms with Crippen LogP contribution in [0.4, 0.5) is 0 Å². The van der Waals surface area contributed by atoms with E-state index in [2.05, 4.69) is 10.3 Å². The van der Waals surface area contributed by atoms with E-state index >= 15 is 0 Å². The fourth-order valence-electron chi connectivity index (χ4n) is 1.90. The minimum absolute atomic E-state index is 0.121. The van der Waals surface area contributed by atoms with Crippen LogP contribution in [0.5, 0.6) is 5.75 Å². The van der Waals surface area contributed by atoms with Crippen molar-refractivity contribution in [3.05, 3.63) is 59.9 Å². The van der Waals surface area contributed by atoms with Crippen molar-refractivity contribution >= 4 is 5.91 Å². The van der Waals surface area contributed by atoms with Gasteiger partial charge in [-0.25, -0.2) is 0 Å². The van der Waals surface area contributed by atoms with Crippen molar-refractivity contribution in [2.45, 2.75) is 12.7 Å².